The summed E-state index contributed by atoms with van der Waals surface area (Å²) < 4.78 is 1.64. The summed E-state index contributed by atoms with van der Waals surface area (Å²) in [6.07, 6.45) is 1.91. The van der Waals surface area contributed by atoms with Gasteiger partial charge in [-0.05, 0) is 32.2 Å². The maximum Gasteiger partial charge on any atom is 0.254 e. The normalized spacial score (nSPS) is 10.9. The lowest BCUT2D eigenvalue weighted by atomic mass is 10.1. The first-order chi connectivity index (χ1) is 12.5. The van der Waals surface area contributed by atoms with Crippen molar-refractivity contribution in [3.8, 4) is 0 Å². The second-order valence-electron chi connectivity index (χ2n) is 5.97. The Balaban J connectivity index is 1.95. The van der Waals surface area contributed by atoms with E-state index >= 15 is 0 Å². The Hall–Kier alpha value is -2.67. The summed E-state index contributed by atoms with van der Waals surface area (Å²) in [5.41, 5.74) is 3.28. The Morgan fingerprint density at radius 1 is 1.31 bits per heavy atom. The molecule has 0 spiro atoms. The molecule has 3 rings (SSSR count). The third-order valence-corrected chi connectivity index (χ3v) is 5.15. The summed E-state index contributed by atoms with van der Waals surface area (Å²) in [4.78, 5) is 34.2. The molecule has 136 valence electrons. The standard InChI is InChI=1S/C19H21N3O3S/c1-11-9-16(26-4)14(18(23)21-11)10-20-19(24)17-12(2)22(25-3)15-8-6-5-7-13(15)17/h5-9H,10H2,1-4H3,(H,20,24)(H,21,23). The molecule has 0 saturated carbocycles. The molecule has 6 nitrogen and oxygen atoms in total. The molecule has 0 unspecified atom stereocenters. The lowest BCUT2D eigenvalue weighted by molar-refractivity contribution is 0.0948. The zero-order chi connectivity index (χ0) is 18.8. The van der Waals surface area contributed by atoms with Crippen molar-refractivity contribution in [2.75, 3.05) is 13.4 Å². The monoisotopic (exact) mass is 371 g/mol. The number of fused-ring (bicyclic) bond motifs is 1. The van der Waals surface area contributed by atoms with Crippen LogP contribution < -0.4 is 15.7 Å². The molecule has 2 heterocycles. The van der Waals surface area contributed by atoms with E-state index in [1.165, 1.54) is 11.8 Å². The lowest BCUT2D eigenvalue weighted by Crippen LogP contribution is -2.28. The van der Waals surface area contributed by atoms with Crippen LogP contribution in [0.5, 0.6) is 0 Å². The quantitative estimate of drug-likeness (QED) is 0.676. The number of para-hydroxylation sites is 1. The Morgan fingerprint density at radius 2 is 2.04 bits per heavy atom. The van der Waals surface area contributed by atoms with Gasteiger partial charge >= 0.3 is 0 Å². The fourth-order valence-electron chi connectivity index (χ4n) is 3.15. The Kier molecular flexibility index (Phi) is 5.08. The van der Waals surface area contributed by atoms with E-state index in [2.05, 4.69) is 10.3 Å². The lowest BCUT2D eigenvalue weighted by Gasteiger charge is -2.10. The molecule has 0 aliphatic carbocycles. The first kappa shape index (κ1) is 18.1. The number of nitrogens with one attached hydrogen (secondary N) is 2. The SMILES string of the molecule is COn1c(C)c(C(=O)NCc2c(SC)cc(C)[nH]c2=O)c2ccccc21. The maximum atomic E-state index is 12.9. The number of amides is 1. The summed E-state index contributed by atoms with van der Waals surface area (Å²) in [6.45, 7) is 3.84. The first-order valence-corrected chi connectivity index (χ1v) is 9.40. The van der Waals surface area contributed by atoms with Gasteiger partial charge in [-0.25, -0.2) is 0 Å². The van der Waals surface area contributed by atoms with Crippen LogP contribution in [0, 0.1) is 13.8 Å². The highest BCUT2D eigenvalue weighted by Gasteiger charge is 2.20. The number of hydrogen-bond donors (Lipinski definition) is 2. The molecule has 0 aliphatic rings. The molecule has 1 aromatic carbocycles. The van der Waals surface area contributed by atoms with Gasteiger partial charge in [-0.15, -0.1) is 11.8 Å². The van der Waals surface area contributed by atoms with E-state index in [9.17, 15) is 9.59 Å². The number of carbonyl (C=O) groups excluding carboxylic acids is 1. The summed E-state index contributed by atoms with van der Waals surface area (Å²) in [6, 6.07) is 9.48. The van der Waals surface area contributed by atoms with Gasteiger partial charge in [-0.2, -0.15) is 4.73 Å². The molecule has 0 aliphatic heterocycles. The van der Waals surface area contributed by atoms with Crippen LogP contribution in [-0.4, -0.2) is 29.0 Å². The number of H-pyrrole nitrogens is 1. The molecule has 2 N–H and O–H groups in total. The number of pyridine rings is 1. The molecular formula is C19H21N3O3S. The Labute approximate surface area is 155 Å². The Bertz CT molecular complexity index is 1040. The van der Waals surface area contributed by atoms with Crippen molar-refractivity contribution >= 4 is 28.6 Å². The number of carbonyl (C=O) groups is 1. The van der Waals surface area contributed by atoms with Gasteiger partial charge in [0.05, 0.1) is 16.8 Å². The zero-order valence-electron chi connectivity index (χ0n) is 15.2. The minimum atomic E-state index is -0.235. The molecule has 0 radical (unpaired) electrons. The van der Waals surface area contributed by atoms with Crippen molar-refractivity contribution < 1.29 is 9.63 Å². The van der Waals surface area contributed by atoms with Crippen LogP contribution in [0.4, 0.5) is 0 Å². The third kappa shape index (κ3) is 3.10. The smallest absolute Gasteiger partial charge is 0.254 e. The van der Waals surface area contributed by atoms with E-state index in [-0.39, 0.29) is 18.0 Å². The number of nitrogens with zero attached hydrogens (tertiary/aromatic N) is 1. The van der Waals surface area contributed by atoms with E-state index in [1.54, 1.807) is 11.8 Å². The van der Waals surface area contributed by atoms with Crippen LogP contribution in [-0.2, 0) is 6.54 Å². The average Bonchev–Trinajstić information content (AvgIpc) is 2.91. The van der Waals surface area contributed by atoms with E-state index in [0.29, 0.717) is 16.8 Å². The minimum absolute atomic E-state index is 0.163. The summed E-state index contributed by atoms with van der Waals surface area (Å²) >= 11 is 1.49. The number of hydrogen-bond acceptors (Lipinski definition) is 4. The molecule has 7 heteroatoms. The van der Waals surface area contributed by atoms with Crippen LogP contribution in [0.3, 0.4) is 0 Å². The van der Waals surface area contributed by atoms with Crippen molar-refractivity contribution in [2.24, 2.45) is 0 Å². The van der Waals surface area contributed by atoms with Gasteiger partial charge in [0.1, 0.15) is 7.11 Å². The van der Waals surface area contributed by atoms with Gasteiger partial charge in [0.15, 0.2) is 0 Å². The predicted octanol–water partition coefficient (Wildman–Crippen LogP) is 2.66. The molecule has 2 aromatic heterocycles. The van der Waals surface area contributed by atoms with Gasteiger partial charge < -0.3 is 15.1 Å². The van der Waals surface area contributed by atoms with E-state index in [4.69, 9.17) is 4.84 Å². The number of aromatic amines is 1. The predicted molar refractivity (Wildman–Crippen MR) is 104 cm³/mol. The average molecular weight is 371 g/mol. The number of rotatable bonds is 5. The van der Waals surface area contributed by atoms with Crippen molar-refractivity contribution in [1.82, 2.24) is 15.0 Å². The largest absolute Gasteiger partial charge is 0.417 e. The summed E-state index contributed by atoms with van der Waals surface area (Å²) in [5, 5.41) is 3.69. The van der Waals surface area contributed by atoms with Gasteiger partial charge in [0.25, 0.3) is 11.5 Å². The van der Waals surface area contributed by atoms with E-state index in [1.807, 2.05) is 50.4 Å². The van der Waals surface area contributed by atoms with Crippen molar-refractivity contribution in [3.05, 3.63) is 63.2 Å². The molecule has 0 atom stereocenters. The highest BCUT2D eigenvalue weighted by Crippen LogP contribution is 2.25. The minimum Gasteiger partial charge on any atom is -0.417 e. The highest BCUT2D eigenvalue weighted by atomic mass is 32.2. The summed E-state index contributed by atoms with van der Waals surface area (Å²) in [7, 11) is 1.57. The van der Waals surface area contributed by atoms with Gasteiger partial charge in [-0.3, -0.25) is 9.59 Å². The third-order valence-electron chi connectivity index (χ3n) is 4.34. The van der Waals surface area contributed by atoms with Gasteiger partial charge in [0.2, 0.25) is 0 Å². The number of thioether (sulfide) groups is 1. The first-order valence-electron chi connectivity index (χ1n) is 8.17. The van der Waals surface area contributed by atoms with Crippen molar-refractivity contribution in [1.29, 1.82) is 0 Å². The molecule has 3 aromatic rings. The number of aryl methyl sites for hydroxylation is 1. The summed E-state index contributed by atoms with van der Waals surface area (Å²) in [5.74, 6) is -0.235. The molecule has 0 saturated heterocycles. The zero-order valence-corrected chi connectivity index (χ0v) is 16.0. The second kappa shape index (κ2) is 7.29. The molecule has 0 fully saturated rings. The van der Waals surface area contributed by atoms with Crippen molar-refractivity contribution in [3.63, 3.8) is 0 Å². The van der Waals surface area contributed by atoms with Crippen LogP contribution in [0.1, 0.15) is 27.3 Å². The molecule has 26 heavy (non-hydrogen) atoms. The number of benzene rings is 1. The van der Waals surface area contributed by atoms with Gasteiger partial charge in [0, 0.05) is 28.1 Å². The van der Waals surface area contributed by atoms with Crippen LogP contribution >= 0.6 is 11.8 Å². The van der Waals surface area contributed by atoms with E-state index < -0.39 is 0 Å². The molecule has 0 bridgehead atoms. The van der Waals surface area contributed by atoms with Crippen LogP contribution in [0.25, 0.3) is 10.9 Å². The Morgan fingerprint density at radius 3 is 2.73 bits per heavy atom. The van der Waals surface area contributed by atoms with Crippen LogP contribution in [0.2, 0.25) is 0 Å². The molecule has 1 amide bonds. The maximum absolute atomic E-state index is 12.9. The van der Waals surface area contributed by atoms with E-state index in [0.717, 1.165) is 21.5 Å². The number of aromatic nitrogens is 2. The second-order valence-corrected chi connectivity index (χ2v) is 6.81. The topological polar surface area (TPSA) is 76.1 Å². The highest BCUT2D eigenvalue weighted by molar-refractivity contribution is 7.98. The van der Waals surface area contributed by atoms with Crippen LogP contribution in [0.15, 0.2) is 40.0 Å². The fraction of sp³-hybridized carbons (Fsp3) is 0.263. The molecular weight excluding hydrogens is 350 g/mol. The van der Waals surface area contributed by atoms with Crippen molar-refractivity contribution in [2.45, 2.75) is 25.3 Å². The fourth-order valence-corrected chi connectivity index (χ4v) is 3.86. The van der Waals surface area contributed by atoms with Gasteiger partial charge in [-0.1, -0.05) is 18.2 Å².